The molecule has 1 aromatic rings. The number of anilines is 2. The standard InChI is InChI=1S/C10H19N5OS/c1-17-10-13-8(7-9(14-10)15-11)12-5-3-2-4-6-16/h7,16H,2-6,11H2,1H3,(H2,12,13,14,15). The fourth-order valence-corrected chi connectivity index (χ4v) is 1.69. The Hall–Kier alpha value is -1.05. The molecule has 5 N–H and O–H groups in total. The van der Waals surface area contributed by atoms with Crippen molar-refractivity contribution in [2.75, 3.05) is 30.1 Å². The molecule has 0 atom stereocenters. The third-order valence-electron chi connectivity index (χ3n) is 2.18. The Morgan fingerprint density at radius 3 is 2.71 bits per heavy atom. The number of nitrogens with zero attached hydrogens (tertiary/aromatic N) is 2. The van der Waals surface area contributed by atoms with E-state index in [2.05, 4.69) is 20.7 Å². The molecule has 0 aliphatic carbocycles. The molecule has 0 bridgehead atoms. The number of nitrogen functional groups attached to an aromatic ring is 1. The molecule has 0 fully saturated rings. The van der Waals surface area contributed by atoms with Crippen molar-refractivity contribution in [1.29, 1.82) is 0 Å². The van der Waals surface area contributed by atoms with E-state index < -0.39 is 0 Å². The number of rotatable bonds is 8. The van der Waals surface area contributed by atoms with Crippen LogP contribution in [0.4, 0.5) is 11.6 Å². The lowest BCUT2D eigenvalue weighted by Crippen LogP contribution is -2.11. The predicted molar refractivity (Wildman–Crippen MR) is 71.0 cm³/mol. The van der Waals surface area contributed by atoms with Gasteiger partial charge in [-0.05, 0) is 25.5 Å². The first-order valence-electron chi connectivity index (χ1n) is 5.54. The molecule has 0 radical (unpaired) electrons. The summed E-state index contributed by atoms with van der Waals surface area (Å²) in [6.45, 7) is 1.08. The topological polar surface area (TPSA) is 96.1 Å². The Balaban J connectivity index is 2.46. The lowest BCUT2D eigenvalue weighted by molar-refractivity contribution is 0.283. The quantitative estimate of drug-likeness (QED) is 0.182. The van der Waals surface area contributed by atoms with E-state index in [1.165, 1.54) is 11.8 Å². The lowest BCUT2D eigenvalue weighted by Gasteiger charge is -2.08. The van der Waals surface area contributed by atoms with Crippen LogP contribution in [-0.4, -0.2) is 34.5 Å². The summed E-state index contributed by atoms with van der Waals surface area (Å²) < 4.78 is 0. The van der Waals surface area contributed by atoms with E-state index >= 15 is 0 Å². The Labute approximate surface area is 105 Å². The first-order valence-corrected chi connectivity index (χ1v) is 6.77. The van der Waals surface area contributed by atoms with Crippen molar-refractivity contribution < 1.29 is 5.11 Å². The second-order valence-corrected chi connectivity index (χ2v) is 4.25. The molecule has 0 amide bonds. The van der Waals surface area contributed by atoms with Gasteiger partial charge in [-0.15, -0.1) is 0 Å². The van der Waals surface area contributed by atoms with E-state index in [4.69, 9.17) is 10.9 Å². The molecule has 1 heterocycles. The first kappa shape index (κ1) is 14.0. The number of hydrogen-bond donors (Lipinski definition) is 4. The van der Waals surface area contributed by atoms with E-state index in [1.54, 1.807) is 6.07 Å². The molecule has 7 heteroatoms. The van der Waals surface area contributed by atoms with Crippen molar-refractivity contribution in [3.63, 3.8) is 0 Å². The Morgan fingerprint density at radius 1 is 1.29 bits per heavy atom. The van der Waals surface area contributed by atoms with Crippen LogP contribution in [0.25, 0.3) is 0 Å². The minimum atomic E-state index is 0.255. The van der Waals surface area contributed by atoms with Crippen LogP contribution in [-0.2, 0) is 0 Å². The predicted octanol–water partition coefficient (Wildman–Crippen LogP) is 1.06. The van der Waals surface area contributed by atoms with Gasteiger partial charge < -0.3 is 15.8 Å². The highest BCUT2D eigenvalue weighted by Crippen LogP contribution is 2.16. The zero-order valence-corrected chi connectivity index (χ0v) is 10.8. The molecule has 1 rings (SSSR count). The van der Waals surface area contributed by atoms with E-state index in [0.717, 1.165) is 31.6 Å². The summed E-state index contributed by atoms with van der Waals surface area (Å²) in [5.74, 6) is 6.70. The summed E-state index contributed by atoms with van der Waals surface area (Å²) in [6.07, 6.45) is 4.77. The molecule has 6 nitrogen and oxygen atoms in total. The minimum absolute atomic E-state index is 0.255. The molecule has 17 heavy (non-hydrogen) atoms. The third kappa shape index (κ3) is 5.20. The van der Waals surface area contributed by atoms with Gasteiger partial charge in [0.1, 0.15) is 11.6 Å². The number of hydrogen-bond acceptors (Lipinski definition) is 7. The molecule has 0 unspecified atom stereocenters. The van der Waals surface area contributed by atoms with Gasteiger partial charge in [0.25, 0.3) is 0 Å². The maximum absolute atomic E-state index is 8.65. The number of hydrazine groups is 1. The normalized spacial score (nSPS) is 10.3. The van der Waals surface area contributed by atoms with Gasteiger partial charge in [-0.3, -0.25) is 0 Å². The number of aromatic nitrogens is 2. The van der Waals surface area contributed by atoms with Crippen molar-refractivity contribution in [1.82, 2.24) is 9.97 Å². The van der Waals surface area contributed by atoms with Gasteiger partial charge in [-0.1, -0.05) is 11.8 Å². The summed E-state index contributed by atoms with van der Waals surface area (Å²) in [5.41, 5.74) is 2.52. The highest BCUT2D eigenvalue weighted by atomic mass is 32.2. The third-order valence-corrected chi connectivity index (χ3v) is 2.72. The van der Waals surface area contributed by atoms with Crippen LogP contribution < -0.4 is 16.6 Å². The van der Waals surface area contributed by atoms with Crippen LogP contribution in [0.1, 0.15) is 19.3 Å². The highest BCUT2D eigenvalue weighted by Gasteiger charge is 2.02. The van der Waals surface area contributed by atoms with Crippen LogP contribution in [0.2, 0.25) is 0 Å². The van der Waals surface area contributed by atoms with Gasteiger partial charge in [-0.2, -0.15) is 0 Å². The molecule has 0 aromatic carbocycles. The van der Waals surface area contributed by atoms with Crippen molar-refractivity contribution >= 4 is 23.4 Å². The van der Waals surface area contributed by atoms with Gasteiger partial charge in [0, 0.05) is 19.2 Å². The molecule has 0 saturated carbocycles. The van der Waals surface area contributed by atoms with E-state index in [-0.39, 0.29) is 6.61 Å². The molecular weight excluding hydrogens is 238 g/mol. The fourth-order valence-electron chi connectivity index (χ4n) is 1.31. The monoisotopic (exact) mass is 257 g/mol. The van der Waals surface area contributed by atoms with Gasteiger partial charge in [-0.25, -0.2) is 15.8 Å². The second kappa shape index (κ2) is 8.10. The number of nitrogens with two attached hydrogens (primary N) is 1. The number of unbranched alkanes of at least 4 members (excludes halogenated alkanes) is 2. The zero-order valence-electron chi connectivity index (χ0n) is 9.94. The summed E-state index contributed by atoms with van der Waals surface area (Å²) in [5, 5.41) is 12.5. The smallest absolute Gasteiger partial charge is 0.191 e. The SMILES string of the molecule is CSc1nc(NN)cc(NCCCCCO)n1. The van der Waals surface area contributed by atoms with Crippen LogP contribution >= 0.6 is 11.8 Å². The maximum atomic E-state index is 8.65. The minimum Gasteiger partial charge on any atom is -0.396 e. The summed E-state index contributed by atoms with van der Waals surface area (Å²) in [7, 11) is 0. The van der Waals surface area contributed by atoms with Crippen LogP contribution in [0.15, 0.2) is 11.2 Å². The van der Waals surface area contributed by atoms with Gasteiger partial charge >= 0.3 is 0 Å². The molecule has 96 valence electrons. The van der Waals surface area contributed by atoms with E-state index in [1.807, 2.05) is 6.26 Å². The average Bonchev–Trinajstić information content (AvgIpc) is 2.38. The molecular formula is C10H19N5OS. The summed E-state index contributed by atoms with van der Waals surface area (Å²) >= 11 is 1.47. The van der Waals surface area contributed by atoms with Crippen LogP contribution in [0, 0.1) is 0 Å². The lowest BCUT2D eigenvalue weighted by atomic mass is 10.2. The number of thioether (sulfide) groups is 1. The molecule has 1 aromatic heterocycles. The Morgan fingerprint density at radius 2 is 2.06 bits per heavy atom. The molecule has 0 aliphatic rings. The van der Waals surface area contributed by atoms with Crippen molar-refractivity contribution in [2.45, 2.75) is 24.4 Å². The Kier molecular flexibility index (Phi) is 6.68. The van der Waals surface area contributed by atoms with E-state index in [9.17, 15) is 0 Å². The highest BCUT2D eigenvalue weighted by molar-refractivity contribution is 7.98. The van der Waals surface area contributed by atoms with Gasteiger partial charge in [0.05, 0.1) is 0 Å². The first-order chi connectivity index (χ1) is 8.30. The Bertz CT molecular complexity index is 314. The van der Waals surface area contributed by atoms with Crippen molar-refractivity contribution in [3.8, 4) is 0 Å². The van der Waals surface area contributed by atoms with Crippen molar-refractivity contribution in [2.24, 2.45) is 5.84 Å². The molecule has 0 saturated heterocycles. The number of aliphatic hydroxyl groups excluding tert-OH is 1. The second-order valence-electron chi connectivity index (χ2n) is 3.48. The van der Waals surface area contributed by atoms with Gasteiger partial charge in [0.2, 0.25) is 0 Å². The maximum Gasteiger partial charge on any atom is 0.191 e. The molecule has 0 spiro atoms. The largest absolute Gasteiger partial charge is 0.396 e. The van der Waals surface area contributed by atoms with Crippen molar-refractivity contribution in [3.05, 3.63) is 6.07 Å². The average molecular weight is 257 g/mol. The van der Waals surface area contributed by atoms with Crippen LogP contribution in [0.5, 0.6) is 0 Å². The number of aliphatic hydroxyl groups is 1. The fraction of sp³-hybridized carbons (Fsp3) is 0.600. The molecule has 0 aliphatic heterocycles. The van der Waals surface area contributed by atoms with Crippen LogP contribution in [0.3, 0.4) is 0 Å². The summed E-state index contributed by atoms with van der Waals surface area (Å²) in [6, 6.07) is 1.77. The van der Waals surface area contributed by atoms with Gasteiger partial charge in [0.15, 0.2) is 5.16 Å². The number of nitrogens with one attached hydrogen (secondary N) is 2. The zero-order chi connectivity index (χ0) is 12.5. The summed E-state index contributed by atoms with van der Waals surface area (Å²) in [4.78, 5) is 8.48. The van der Waals surface area contributed by atoms with E-state index in [0.29, 0.717) is 11.0 Å².